The molecule has 0 saturated carbocycles. The Morgan fingerprint density at radius 3 is 2.02 bits per heavy atom. The van der Waals surface area contributed by atoms with Crippen LogP contribution in [0.25, 0.3) is 6.08 Å². The Bertz CT molecular complexity index is 1270. The number of nitrogen functional groups attached to an aromatic ring is 2. The number of unbranched alkanes of at least 4 members (excludes halogenated alkanes) is 2. The Hall–Kier alpha value is -4.50. The highest BCUT2D eigenvalue weighted by molar-refractivity contribution is 5.91. The number of rotatable bonds is 17. The second-order valence-corrected chi connectivity index (χ2v) is 9.63. The molecule has 0 aromatic heterocycles. The van der Waals surface area contributed by atoms with Crippen LogP contribution in [-0.2, 0) is 14.3 Å². The molecule has 0 fully saturated rings. The molecule has 0 spiro atoms. The number of benzene rings is 3. The molecule has 9 nitrogen and oxygen atoms in total. The fourth-order valence-corrected chi connectivity index (χ4v) is 4.00. The Morgan fingerprint density at radius 1 is 0.786 bits per heavy atom. The monoisotopic (exact) mass is 576 g/mol. The average Bonchev–Trinajstić information content (AvgIpc) is 2.98. The topological polar surface area (TPSA) is 132 Å². The van der Waals surface area contributed by atoms with Gasteiger partial charge in [-0.1, -0.05) is 19.1 Å². The molecule has 0 aliphatic carbocycles. The van der Waals surface area contributed by atoms with Crippen molar-refractivity contribution in [2.45, 2.75) is 45.1 Å². The van der Waals surface area contributed by atoms with E-state index in [0.717, 1.165) is 43.4 Å². The van der Waals surface area contributed by atoms with Crippen LogP contribution < -0.4 is 25.7 Å². The van der Waals surface area contributed by atoms with Crippen LogP contribution in [0.2, 0.25) is 0 Å². The van der Waals surface area contributed by atoms with Crippen molar-refractivity contribution in [2.24, 2.45) is 0 Å². The number of carbonyl (C=O) groups is 2. The number of hydrogen-bond acceptors (Lipinski definition) is 9. The lowest BCUT2D eigenvalue weighted by Crippen LogP contribution is -2.13. The minimum atomic E-state index is -0.474. The summed E-state index contributed by atoms with van der Waals surface area (Å²) in [6.07, 6.45) is 7.38. The summed E-state index contributed by atoms with van der Waals surface area (Å²) < 4.78 is 27.5. The maximum Gasteiger partial charge on any atom is 0.338 e. The maximum atomic E-state index is 12.2. The van der Waals surface area contributed by atoms with Crippen LogP contribution in [0.3, 0.4) is 0 Å². The molecular formula is C33H40N2O7. The highest BCUT2D eigenvalue weighted by Gasteiger charge is 2.09. The number of hydrogen-bond donors (Lipinski definition) is 2. The summed E-state index contributed by atoms with van der Waals surface area (Å²) in [4.78, 5) is 24.3. The molecule has 3 aromatic rings. The van der Waals surface area contributed by atoms with Gasteiger partial charge in [-0.3, -0.25) is 0 Å². The molecule has 9 heteroatoms. The fourth-order valence-electron chi connectivity index (χ4n) is 4.00. The van der Waals surface area contributed by atoms with Crippen molar-refractivity contribution in [1.29, 1.82) is 0 Å². The molecule has 0 heterocycles. The van der Waals surface area contributed by atoms with Crippen molar-refractivity contribution in [2.75, 3.05) is 38.4 Å². The first-order chi connectivity index (χ1) is 20.4. The second-order valence-electron chi connectivity index (χ2n) is 9.63. The zero-order valence-corrected chi connectivity index (χ0v) is 24.3. The molecule has 0 radical (unpaired) electrons. The molecule has 0 aliphatic heterocycles. The van der Waals surface area contributed by atoms with E-state index in [1.807, 2.05) is 24.3 Å². The smallest absolute Gasteiger partial charge is 0.338 e. The van der Waals surface area contributed by atoms with Crippen molar-refractivity contribution in [3.8, 4) is 17.2 Å². The molecule has 42 heavy (non-hydrogen) atoms. The largest absolute Gasteiger partial charge is 0.494 e. The van der Waals surface area contributed by atoms with E-state index in [-0.39, 0.29) is 6.10 Å². The molecule has 0 saturated heterocycles. The fraction of sp³-hybridized carbons (Fsp3) is 0.333. The van der Waals surface area contributed by atoms with Gasteiger partial charge in [0.15, 0.2) is 0 Å². The first-order valence-electron chi connectivity index (χ1n) is 14.1. The number of ether oxygens (including phenoxy) is 5. The van der Waals surface area contributed by atoms with Crippen LogP contribution >= 0.6 is 0 Å². The van der Waals surface area contributed by atoms with Gasteiger partial charge in [0.25, 0.3) is 0 Å². The predicted molar refractivity (Wildman–Crippen MR) is 164 cm³/mol. The Balaban J connectivity index is 1.29. The normalized spacial score (nSPS) is 11.7. The molecule has 3 rings (SSSR count). The van der Waals surface area contributed by atoms with Crippen LogP contribution in [0.4, 0.5) is 11.4 Å². The highest BCUT2D eigenvalue weighted by atomic mass is 16.5. The third-order valence-electron chi connectivity index (χ3n) is 6.34. The Kier molecular flexibility index (Phi) is 13.2. The number of nitrogens with two attached hydrogens (primary N) is 2. The molecule has 0 amide bonds. The summed E-state index contributed by atoms with van der Waals surface area (Å²) in [5, 5.41) is 0. The molecular weight excluding hydrogens is 536 g/mol. The number of esters is 2. The molecule has 224 valence electrons. The Morgan fingerprint density at radius 2 is 1.38 bits per heavy atom. The van der Waals surface area contributed by atoms with Crippen LogP contribution in [0.1, 0.15) is 54.9 Å². The average molecular weight is 577 g/mol. The molecule has 0 bridgehead atoms. The molecule has 4 N–H and O–H groups in total. The lowest BCUT2D eigenvalue weighted by atomic mass is 10.2. The van der Waals surface area contributed by atoms with Crippen molar-refractivity contribution in [1.82, 2.24) is 0 Å². The van der Waals surface area contributed by atoms with Crippen molar-refractivity contribution >= 4 is 29.4 Å². The molecule has 0 aliphatic rings. The minimum Gasteiger partial charge on any atom is -0.494 e. The van der Waals surface area contributed by atoms with E-state index in [2.05, 4.69) is 6.92 Å². The SMILES string of the molecule is CCC(CCOc1ccc(OC(=O)/C=C/c2ccc(OCCCCCOC(=O)c3cc(N)cc(N)c3)cc2)cc1)OC. The van der Waals surface area contributed by atoms with Crippen LogP contribution in [0.15, 0.2) is 72.8 Å². The zero-order valence-electron chi connectivity index (χ0n) is 24.3. The maximum absolute atomic E-state index is 12.2. The van der Waals surface area contributed by atoms with Gasteiger partial charge in [0.1, 0.15) is 17.2 Å². The van der Waals surface area contributed by atoms with Gasteiger partial charge in [-0.15, -0.1) is 0 Å². The van der Waals surface area contributed by atoms with E-state index in [1.165, 1.54) is 6.08 Å². The van der Waals surface area contributed by atoms with Gasteiger partial charge in [-0.05, 0) is 91.9 Å². The van der Waals surface area contributed by atoms with Gasteiger partial charge in [-0.25, -0.2) is 9.59 Å². The van der Waals surface area contributed by atoms with E-state index >= 15 is 0 Å². The van der Waals surface area contributed by atoms with E-state index < -0.39 is 11.9 Å². The molecule has 3 aromatic carbocycles. The van der Waals surface area contributed by atoms with Crippen LogP contribution in [0.5, 0.6) is 17.2 Å². The van der Waals surface area contributed by atoms with E-state index in [4.69, 9.17) is 35.2 Å². The third kappa shape index (κ3) is 11.5. The molecule has 1 atom stereocenters. The second kappa shape index (κ2) is 17.3. The van der Waals surface area contributed by atoms with Crippen molar-refractivity contribution < 1.29 is 33.3 Å². The number of methoxy groups -OCH3 is 1. The van der Waals surface area contributed by atoms with E-state index in [1.54, 1.807) is 55.7 Å². The summed E-state index contributed by atoms with van der Waals surface area (Å²) in [6.45, 7) is 3.48. The van der Waals surface area contributed by atoms with E-state index in [0.29, 0.717) is 48.3 Å². The summed E-state index contributed by atoms with van der Waals surface area (Å²) in [7, 11) is 1.70. The molecule has 1 unspecified atom stereocenters. The summed E-state index contributed by atoms with van der Waals surface area (Å²) in [6, 6.07) is 19.0. The summed E-state index contributed by atoms with van der Waals surface area (Å²) in [5.41, 5.74) is 13.5. The van der Waals surface area contributed by atoms with E-state index in [9.17, 15) is 9.59 Å². The predicted octanol–water partition coefficient (Wildman–Crippen LogP) is 6.07. The van der Waals surface area contributed by atoms with Gasteiger partial charge in [0.05, 0.1) is 31.5 Å². The lowest BCUT2D eigenvalue weighted by Gasteiger charge is -2.13. The van der Waals surface area contributed by atoms with Gasteiger partial charge in [0, 0.05) is 31.0 Å². The standard InChI is InChI=1S/C33H40N2O7/c1-3-28(38-2)17-20-40-30-12-14-31(15-13-30)42-32(36)16-9-24-7-10-29(11-8-24)39-18-5-4-6-19-41-33(37)25-21-26(34)23-27(35)22-25/h7-16,21-23,28H,3-6,17-20,34-35H2,1-2H3/b16-9+. The summed E-state index contributed by atoms with van der Waals surface area (Å²) in [5.74, 6) is 0.966. The van der Waals surface area contributed by atoms with Gasteiger partial charge in [-0.2, -0.15) is 0 Å². The number of carbonyl (C=O) groups excluding carboxylic acids is 2. The Labute approximate surface area is 247 Å². The van der Waals surface area contributed by atoms with Crippen LogP contribution in [0, 0.1) is 0 Å². The van der Waals surface area contributed by atoms with Gasteiger partial charge >= 0.3 is 11.9 Å². The van der Waals surface area contributed by atoms with Crippen LogP contribution in [-0.4, -0.2) is 45.0 Å². The van der Waals surface area contributed by atoms with Crippen molar-refractivity contribution in [3.05, 3.63) is 83.9 Å². The first kappa shape index (κ1) is 32.0. The minimum absolute atomic E-state index is 0.186. The van der Waals surface area contributed by atoms with Gasteiger partial charge < -0.3 is 35.2 Å². The van der Waals surface area contributed by atoms with Gasteiger partial charge in [0.2, 0.25) is 0 Å². The lowest BCUT2D eigenvalue weighted by molar-refractivity contribution is -0.128. The summed E-state index contributed by atoms with van der Waals surface area (Å²) >= 11 is 0. The zero-order chi connectivity index (χ0) is 30.2. The number of anilines is 2. The first-order valence-corrected chi connectivity index (χ1v) is 14.1. The third-order valence-corrected chi connectivity index (χ3v) is 6.34. The highest BCUT2D eigenvalue weighted by Crippen LogP contribution is 2.19. The quantitative estimate of drug-likeness (QED) is 0.0646. The van der Waals surface area contributed by atoms with Crippen molar-refractivity contribution in [3.63, 3.8) is 0 Å².